The maximum Gasteiger partial charge on any atom is 0.0604 e. The van der Waals surface area contributed by atoms with Gasteiger partial charge in [0.1, 0.15) is 0 Å². The molecule has 0 unspecified atom stereocenters. The molecule has 0 aromatic heterocycles. The normalized spacial score (nSPS) is 10.7. The molecule has 9 heavy (non-hydrogen) atoms. The second-order valence-electron chi connectivity index (χ2n) is 2.00. The molecule has 0 amide bonds. The van der Waals surface area contributed by atoms with Crippen molar-refractivity contribution in [2.24, 2.45) is 0 Å². The van der Waals surface area contributed by atoms with Gasteiger partial charge in [-0.2, -0.15) is 0 Å². The number of rotatable bonds is 5. The molecule has 0 saturated carbocycles. The van der Waals surface area contributed by atoms with Crippen LogP contribution in [0.3, 0.4) is 0 Å². The molecule has 0 aliphatic rings. The van der Waals surface area contributed by atoms with Crippen molar-refractivity contribution in [1.29, 1.82) is 0 Å². The van der Waals surface area contributed by atoms with Gasteiger partial charge in [0.25, 0.3) is 0 Å². The molecule has 0 aromatic carbocycles. The molecule has 0 fully saturated rings. The van der Waals surface area contributed by atoms with E-state index in [1.807, 2.05) is 26.0 Å². The van der Waals surface area contributed by atoms with Crippen LogP contribution in [-0.4, -0.2) is 38.9 Å². The summed E-state index contributed by atoms with van der Waals surface area (Å²) in [6.45, 7) is 4.47. The van der Waals surface area contributed by atoms with Crippen LogP contribution in [0.4, 0.5) is 0 Å². The van der Waals surface area contributed by atoms with Crippen LogP contribution < -0.4 is 5.43 Å². The van der Waals surface area contributed by atoms with Crippen LogP contribution in [0.1, 0.15) is 6.92 Å². The zero-order valence-electron chi connectivity index (χ0n) is 6.48. The molecule has 0 aliphatic carbocycles. The summed E-state index contributed by atoms with van der Waals surface area (Å²) in [5.41, 5.74) is 3.09. The Morgan fingerprint density at radius 3 is 2.56 bits per heavy atom. The zero-order chi connectivity index (χ0) is 7.11. The molecular weight excluding hydrogens is 116 g/mol. The van der Waals surface area contributed by atoms with Gasteiger partial charge in [-0.25, -0.2) is 0 Å². The second kappa shape index (κ2) is 6.01. The summed E-state index contributed by atoms with van der Waals surface area (Å²) >= 11 is 0. The van der Waals surface area contributed by atoms with Crippen molar-refractivity contribution in [3.05, 3.63) is 0 Å². The van der Waals surface area contributed by atoms with Crippen molar-refractivity contribution < 1.29 is 4.74 Å². The van der Waals surface area contributed by atoms with Crippen LogP contribution in [0.25, 0.3) is 0 Å². The van der Waals surface area contributed by atoms with Crippen LogP contribution in [-0.2, 0) is 4.74 Å². The molecule has 0 radical (unpaired) electrons. The van der Waals surface area contributed by atoms with E-state index in [0.717, 1.165) is 19.8 Å². The average molecular weight is 132 g/mol. The van der Waals surface area contributed by atoms with Gasteiger partial charge in [-0.3, -0.25) is 10.4 Å². The highest BCUT2D eigenvalue weighted by atomic mass is 16.5. The lowest BCUT2D eigenvalue weighted by Gasteiger charge is -2.10. The van der Waals surface area contributed by atoms with Crippen molar-refractivity contribution in [2.45, 2.75) is 6.92 Å². The lowest BCUT2D eigenvalue weighted by molar-refractivity contribution is 0.131. The van der Waals surface area contributed by atoms with Gasteiger partial charge >= 0.3 is 0 Å². The Hall–Kier alpha value is -0.120. The van der Waals surface area contributed by atoms with Gasteiger partial charge < -0.3 is 4.74 Å². The van der Waals surface area contributed by atoms with E-state index in [4.69, 9.17) is 4.74 Å². The van der Waals surface area contributed by atoms with Gasteiger partial charge in [-0.05, 0) is 6.92 Å². The first-order chi connectivity index (χ1) is 4.27. The quantitative estimate of drug-likeness (QED) is 0.424. The third-order valence-corrected chi connectivity index (χ3v) is 0.879. The molecule has 56 valence electrons. The lowest BCUT2D eigenvalue weighted by Crippen LogP contribution is -2.33. The molecule has 0 aromatic rings. The summed E-state index contributed by atoms with van der Waals surface area (Å²) in [6.07, 6.45) is 0. The van der Waals surface area contributed by atoms with Crippen molar-refractivity contribution in [3.8, 4) is 0 Å². The lowest BCUT2D eigenvalue weighted by atomic mass is 10.7. The minimum absolute atomic E-state index is 0.786. The maximum absolute atomic E-state index is 5.09. The fraction of sp³-hybridized carbons (Fsp3) is 1.00. The third-order valence-electron chi connectivity index (χ3n) is 0.879. The Kier molecular flexibility index (Phi) is 5.93. The smallest absolute Gasteiger partial charge is 0.0604 e. The number of ether oxygens (including phenoxy) is 1. The van der Waals surface area contributed by atoms with Crippen LogP contribution in [0, 0.1) is 0 Å². The first-order valence-corrected chi connectivity index (χ1v) is 3.26. The Labute approximate surface area is 57.0 Å². The summed E-state index contributed by atoms with van der Waals surface area (Å²) in [6, 6.07) is 0. The number of hydrogen-bond donors (Lipinski definition) is 1. The number of nitrogens with one attached hydrogen (secondary N) is 1. The molecule has 0 aliphatic heterocycles. The van der Waals surface area contributed by atoms with Crippen LogP contribution >= 0.6 is 0 Å². The van der Waals surface area contributed by atoms with Crippen molar-refractivity contribution in [1.82, 2.24) is 10.4 Å². The summed E-state index contributed by atoms with van der Waals surface area (Å²) in [7, 11) is 3.93. The van der Waals surface area contributed by atoms with E-state index in [0.29, 0.717) is 0 Å². The Morgan fingerprint density at radius 2 is 2.11 bits per heavy atom. The Morgan fingerprint density at radius 1 is 1.44 bits per heavy atom. The first-order valence-electron chi connectivity index (χ1n) is 3.26. The number of nitrogens with zero attached hydrogens (tertiary/aromatic N) is 1. The average Bonchev–Trinajstić information content (AvgIpc) is 1.80. The summed E-state index contributed by atoms with van der Waals surface area (Å²) in [5.74, 6) is 0. The summed E-state index contributed by atoms with van der Waals surface area (Å²) in [5, 5.41) is 1.92. The molecule has 3 nitrogen and oxygen atoms in total. The van der Waals surface area contributed by atoms with Crippen LogP contribution in [0.2, 0.25) is 0 Å². The predicted octanol–water partition coefficient (Wildman–Crippen LogP) is 0.0891. The highest BCUT2D eigenvalue weighted by Crippen LogP contribution is 1.70. The van der Waals surface area contributed by atoms with Gasteiger partial charge in [0, 0.05) is 27.2 Å². The van der Waals surface area contributed by atoms with E-state index >= 15 is 0 Å². The SMILES string of the molecule is CCOCCNN(C)C. The van der Waals surface area contributed by atoms with E-state index in [2.05, 4.69) is 5.43 Å². The molecule has 1 N–H and O–H groups in total. The van der Waals surface area contributed by atoms with E-state index in [-0.39, 0.29) is 0 Å². The summed E-state index contributed by atoms with van der Waals surface area (Å²) < 4.78 is 5.09. The van der Waals surface area contributed by atoms with E-state index < -0.39 is 0 Å². The van der Waals surface area contributed by atoms with Gasteiger partial charge in [0.05, 0.1) is 6.61 Å². The third kappa shape index (κ3) is 7.88. The summed E-state index contributed by atoms with van der Waals surface area (Å²) in [4.78, 5) is 0. The van der Waals surface area contributed by atoms with Crippen LogP contribution in [0.15, 0.2) is 0 Å². The standard InChI is InChI=1S/C6H16N2O/c1-4-9-6-5-7-8(2)3/h7H,4-6H2,1-3H3. The molecule has 3 heteroatoms. The molecule has 0 atom stereocenters. The molecule has 0 saturated heterocycles. The van der Waals surface area contributed by atoms with Crippen molar-refractivity contribution in [3.63, 3.8) is 0 Å². The monoisotopic (exact) mass is 132 g/mol. The molecular formula is C6H16N2O. The van der Waals surface area contributed by atoms with Crippen LogP contribution in [0.5, 0.6) is 0 Å². The van der Waals surface area contributed by atoms with E-state index in [1.165, 1.54) is 0 Å². The topological polar surface area (TPSA) is 24.5 Å². The first kappa shape index (κ1) is 8.88. The number of hydrogen-bond acceptors (Lipinski definition) is 3. The van der Waals surface area contributed by atoms with Gasteiger partial charge in [-0.15, -0.1) is 0 Å². The van der Waals surface area contributed by atoms with Crippen molar-refractivity contribution in [2.75, 3.05) is 33.9 Å². The highest BCUT2D eigenvalue weighted by molar-refractivity contribution is 4.35. The predicted molar refractivity (Wildman–Crippen MR) is 38.2 cm³/mol. The largest absolute Gasteiger partial charge is 0.380 e. The van der Waals surface area contributed by atoms with E-state index in [1.54, 1.807) is 0 Å². The zero-order valence-corrected chi connectivity index (χ0v) is 6.48. The van der Waals surface area contributed by atoms with Gasteiger partial charge in [0.2, 0.25) is 0 Å². The van der Waals surface area contributed by atoms with Gasteiger partial charge in [0.15, 0.2) is 0 Å². The minimum atomic E-state index is 0.786. The van der Waals surface area contributed by atoms with Crippen molar-refractivity contribution >= 4 is 0 Å². The number of hydrazine groups is 1. The van der Waals surface area contributed by atoms with E-state index in [9.17, 15) is 0 Å². The van der Waals surface area contributed by atoms with Gasteiger partial charge in [-0.1, -0.05) is 0 Å². The Bertz CT molecular complexity index is 57.0. The minimum Gasteiger partial charge on any atom is -0.380 e. The highest BCUT2D eigenvalue weighted by Gasteiger charge is 1.85. The Balaban J connectivity index is 2.75. The molecule has 0 rings (SSSR count). The fourth-order valence-electron chi connectivity index (χ4n) is 0.486. The molecule has 0 bridgehead atoms. The maximum atomic E-state index is 5.09. The molecule has 0 spiro atoms. The second-order valence-corrected chi connectivity index (χ2v) is 2.00. The fourth-order valence-corrected chi connectivity index (χ4v) is 0.486. The molecule has 0 heterocycles.